The summed E-state index contributed by atoms with van der Waals surface area (Å²) < 4.78 is 29.1. The van der Waals surface area contributed by atoms with Crippen LogP contribution in [0.1, 0.15) is 30.1 Å². The van der Waals surface area contributed by atoms with Crippen LogP contribution in [0.5, 0.6) is 0 Å². The normalized spacial score (nSPS) is 16.2. The number of nitrogens with one attached hydrogen (secondary N) is 1. The third kappa shape index (κ3) is 4.37. The van der Waals surface area contributed by atoms with Crippen LogP contribution in [0.4, 0.5) is 5.13 Å². The van der Waals surface area contributed by atoms with Crippen LogP contribution in [0.2, 0.25) is 0 Å². The van der Waals surface area contributed by atoms with Crippen molar-refractivity contribution >= 4 is 58.5 Å². The molecule has 1 fully saturated rings. The van der Waals surface area contributed by atoms with Gasteiger partial charge in [-0.2, -0.15) is 4.31 Å². The van der Waals surface area contributed by atoms with E-state index in [0.29, 0.717) is 29.7 Å². The molecule has 0 bridgehead atoms. The molecular weight excluding hydrogens is 474 g/mol. The highest BCUT2D eigenvalue weighted by Crippen LogP contribution is 2.29. The number of aromatic nitrogens is 1. The zero-order valence-electron chi connectivity index (χ0n) is 15.8. The number of amides is 1. The molecule has 1 aliphatic rings. The molecule has 0 radical (unpaired) electrons. The molecule has 0 spiro atoms. The van der Waals surface area contributed by atoms with E-state index in [4.69, 9.17) is 0 Å². The molecule has 29 heavy (non-hydrogen) atoms. The van der Waals surface area contributed by atoms with Crippen LogP contribution in [0.3, 0.4) is 0 Å². The van der Waals surface area contributed by atoms with Gasteiger partial charge in [-0.3, -0.25) is 10.1 Å². The Kier molecular flexibility index (Phi) is 5.74. The van der Waals surface area contributed by atoms with Crippen LogP contribution in [-0.4, -0.2) is 36.7 Å². The topological polar surface area (TPSA) is 79.4 Å². The molecule has 1 saturated heterocycles. The van der Waals surface area contributed by atoms with Crippen molar-refractivity contribution in [3.8, 4) is 0 Å². The number of carbonyl (C=O) groups is 1. The van der Waals surface area contributed by atoms with Crippen molar-refractivity contribution in [1.29, 1.82) is 0 Å². The molecule has 0 atom stereocenters. The molecule has 1 aromatic heterocycles. The summed E-state index contributed by atoms with van der Waals surface area (Å²) in [7, 11) is -3.52. The fourth-order valence-electron chi connectivity index (χ4n) is 3.27. The van der Waals surface area contributed by atoms with Gasteiger partial charge in [0.1, 0.15) is 0 Å². The van der Waals surface area contributed by atoms with E-state index in [1.807, 2.05) is 18.2 Å². The lowest BCUT2D eigenvalue weighted by molar-refractivity contribution is 0.102. The average Bonchev–Trinajstić information content (AvgIpc) is 3.09. The van der Waals surface area contributed by atoms with Gasteiger partial charge in [0.05, 0.1) is 15.1 Å². The number of nitrogens with zero attached hydrogens (tertiary/aromatic N) is 2. The molecule has 0 saturated carbocycles. The van der Waals surface area contributed by atoms with Gasteiger partial charge in [-0.05, 0) is 61.2 Å². The first-order chi connectivity index (χ1) is 13.8. The largest absolute Gasteiger partial charge is 0.298 e. The molecule has 9 heteroatoms. The van der Waals surface area contributed by atoms with E-state index in [0.717, 1.165) is 27.5 Å². The molecule has 152 valence electrons. The molecular formula is C20H20BrN3O3S2. The standard InChI is InChI=1S/C20H20BrN3O3S2/c1-13-8-10-24(11-9-13)29(26,27)16-5-2-14(3-6-16)19(25)23-20-22-17-7-4-15(21)12-18(17)28-20/h2-7,12-13H,8-11H2,1H3,(H,22,23,25). The summed E-state index contributed by atoms with van der Waals surface area (Å²) in [5.74, 6) is 0.231. The van der Waals surface area contributed by atoms with Gasteiger partial charge in [0, 0.05) is 23.1 Å². The van der Waals surface area contributed by atoms with Gasteiger partial charge in [-0.15, -0.1) is 0 Å². The van der Waals surface area contributed by atoms with Crippen molar-refractivity contribution in [3.05, 3.63) is 52.5 Å². The van der Waals surface area contributed by atoms with Crippen molar-refractivity contribution in [2.24, 2.45) is 5.92 Å². The summed E-state index contributed by atoms with van der Waals surface area (Å²) in [6, 6.07) is 11.8. The first kappa shape index (κ1) is 20.5. The van der Waals surface area contributed by atoms with E-state index in [-0.39, 0.29) is 10.8 Å². The Labute approximate surface area is 182 Å². The number of anilines is 1. The number of fused-ring (bicyclic) bond motifs is 1. The van der Waals surface area contributed by atoms with Gasteiger partial charge in [0.15, 0.2) is 5.13 Å². The SMILES string of the molecule is CC1CCN(S(=O)(=O)c2ccc(C(=O)Nc3nc4ccc(Br)cc4s3)cc2)CC1. The lowest BCUT2D eigenvalue weighted by Gasteiger charge is -2.29. The Morgan fingerprint density at radius 2 is 1.86 bits per heavy atom. The Hall–Kier alpha value is -1.81. The van der Waals surface area contributed by atoms with Crippen molar-refractivity contribution < 1.29 is 13.2 Å². The molecule has 2 aromatic carbocycles. The molecule has 1 N–H and O–H groups in total. The monoisotopic (exact) mass is 493 g/mol. The first-order valence-corrected chi connectivity index (χ1v) is 12.4. The second kappa shape index (κ2) is 8.14. The minimum atomic E-state index is -3.52. The third-order valence-electron chi connectivity index (χ3n) is 5.07. The van der Waals surface area contributed by atoms with Crippen molar-refractivity contribution in [1.82, 2.24) is 9.29 Å². The highest BCUT2D eigenvalue weighted by Gasteiger charge is 2.28. The highest BCUT2D eigenvalue weighted by atomic mass is 79.9. The second-order valence-corrected chi connectivity index (χ2v) is 11.1. The maximum absolute atomic E-state index is 12.8. The van der Waals surface area contributed by atoms with Crippen molar-refractivity contribution in [2.45, 2.75) is 24.7 Å². The van der Waals surface area contributed by atoms with E-state index >= 15 is 0 Å². The third-order valence-corrected chi connectivity index (χ3v) is 8.41. The first-order valence-electron chi connectivity index (χ1n) is 9.30. The quantitative estimate of drug-likeness (QED) is 0.569. The van der Waals surface area contributed by atoms with E-state index < -0.39 is 10.0 Å². The Bertz CT molecular complexity index is 1150. The molecule has 1 aliphatic heterocycles. The predicted molar refractivity (Wildman–Crippen MR) is 119 cm³/mol. The molecule has 3 aromatic rings. The maximum atomic E-state index is 12.8. The number of carbonyl (C=O) groups excluding carboxylic acids is 1. The van der Waals surface area contributed by atoms with Crippen LogP contribution in [-0.2, 0) is 10.0 Å². The summed E-state index contributed by atoms with van der Waals surface area (Å²) in [6.07, 6.45) is 1.75. The number of halogens is 1. The minimum absolute atomic E-state index is 0.216. The van der Waals surface area contributed by atoms with Gasteiger partial charge in [0.2, 0.25) is 10.0 Å². The second-order valence-electron chi connectivity index (χ2n) is 7.20. The average molecular weight is 494 g/mol. The van der Waals surface area contributed by atoms with Gasteiger partial charge >= 0.3 is 0 Å². The van der Waals surface area contributed by atoms with Gasteiger partial charge in [-0.1, -0.05) is 34.2 Å². The van der Waals surface area contributed by atoms with Crippen LogP contribution >= 0.6 is 27.3 Å². The smallest absolute Gasteiger partial charge is 0.257 e. The predicted octanol–water partition coefficient (Wildman–Crippen LogP) is 4.73. The molecule has 6 nitrogen and oxygen atoms in total. The summed E-state index contributed by atoms with van der Waals surface area (Å²) in [5, 5.41) is 3.29. The number of rotatable bonds is 4. The fourth-order valence-corrected chi connectivity index (χ4v) is 6.16. The van der Waals surface area contributed by atoms with Crippen LogP contribution < -0.4 is 5.32 Å². The molecule has 2 heterocycles. The summed E-state index contributed by atoms with van der Waals surface area (Å²) in [6.45, 7) is 3.22. The lowest BCUT2D eigenvalue weighted by Crippen LogP contribution is -2.37. The van der Waals surface area contributed by atoms with E-state index in [2.05, 4.69) is 33.2 Å². The van der Waals surface area contributed by atoms with Crippen molar-refractivity contribution in [3.63, 3.8) is 0 Å². The maximum Gasteiger partial charge on any atom is 0.257 e. The van der Waals surface area contributed by atoms with Crippen molar-refractivity contribution in [2.75, 3.05) is 18.4 Å². The molecule has 0 aliphatic carbocycles. The fraction of sp³-hybridized carbons (Fsp3) is 0.300. The van der Waals surface area contributed by atoms with Gasteiger partial charge in [0.25, 0.3) is 5.91 Å². The van der Waals surface area contributed by atoms with E-state index in [9.17, 15) is 13.2 Å². The lowest BCUT2D eigenvalue weighted by atomic mass is 10.0. The van der Waals surface area contributed by atoms with Crippen LogP contribution in [0.15, 0.2) is 51.8 Å². The zero-order chi connectivity index (χ0) is 20.6. The number of hydrogen-bond acceptors (Lipinski definition) is 5. The minimum Gasteiger partial charge on any atom is -0.298 e. The highest BCUT2D eigenvalue weighted by molar-refractivity contribution is 9.10. The summed E-state index contributed by atoms with van der Waals surface area (Å²) >= 11 is 4.81. The number of thiazole rings is 1. The molecule has 4 rings (SSSR count). The van der Waals surface area contributed by atoms with Gasteiger partial charge in [-0.25, -0.2) is 13.4 Å². The Morgan fingerprint density at radius 3 is 2.55 bits per heavy atom. The van der Waals surface area contributed by atoms with Crippen LogP contribution in [0, 0.1) is 5.92 Å². The molecule has 1 amide bonds. The summed E-state index contributed by atoms with van der Waals surface area (Å²) in [4.78, 5) is 17.2. The van der Waals surface area contributed by atoms with Crippen LogP contribution in [0.25, 0.3) is 10.2 Å². The molecule has 0 unspecified atom stereocenters. The zero-order valence-corrected chi connectivity index (χ0v) is 19.0. The van der Waals surface area contributed by atoms with Gasteiger partial charge < -0.3 is 0 Å². The van der Waals surface area contributed by atoms with E-state index in [1.54, 1.807) is 12.1 Å². The summed E-state index contributed by atoms with van der Waals surface area (Å²) in [5.41, 5.74) is 1.20. The number of hydrogen-bond donors (Lipinski definition) is 1. The number of piperidine rings is 1. The number of benzene rings is 2. The Balaban J connectivity index is 1.48. The Morgan fingerprint density at radius 1 is 1.17 bits per heavy atom. The van der Waals surface area contributed by atoms with E-state index in [1.165, 1.54) is 27.8 Å². The number of sulfonamides is 1.